The number of aromatic amines is 1. The van der Waals surface area contributed by atoms with E-state index in [1.807, 2.05) is 25.1 Å². The number of aromatic nitrogens is 1. The molecular formula is C14H16N2O2. The molecule has 0 spiro atoms. The molecule has 1 aromatic heterocycles. The second-order valence-electron chi connectivity index (χ2n) is 4.62. The van der Waals surface area contributed by atoms with Crippen LogP contribution < -0.4 is 10.3 Å². The third-order valence-corrected chi connectivity index (χ3v) is 3.41. The van der Waals surface area contributed by atoms with Crippen molar-refractivity contribution < 1.29 is 4.74 Å². The number of nitrogens with zero attached hydrogens (tertiary/aromatic N) is 1. The Labute approximate surface area is 105 Å². The minimum absolute atomic E-state index is 0.0777. The summed E-state index contributed by atoms with van der Waals surface area (Å²) >= 11 is 0. The average Bonchev–Trinajstić information content (AvgIpc) is 2.41. The molecule has 0 saturated carbocycles. The third-order valence-electron chi connectivity index (χ3n) is 3.41. The first-order chi connectivity index (χ1) is 8.75. The molecule has 1 aliphatic rings. The minimum atomic E-state index is 0.0777. The van der Waals surface area contributed by atoms with Gasteiger partial charge in [0.2, 0.25) is 0 Å². The highest BCUT2D eigenvalue weighted by atomic mass is 16.5. The fourth-order valence-electron chi connectivity index (χ4n) is 2.38. The maximum absolute atomic E-state index is 12.1. The third kappa shape index (κ3) is 1.88. The van der Waals surface area contributed by atoms with Crippen LogP contribution >= 0.6 is 0 Å². The molecular weight excluding hydrogens is 228 g/mol. The number of anilines is 1. The summed E-state index contributed by atoms with van der Waals surface area (Å²) in [7, 11) is 0. The molecule has 0 amide bonds. The second-order valence-corrected chi connectivity index (χ2v) is 4.62. The quantitative estimate of drug-likeness (QED) is 0.830. The molecule has 2 heterocycles. The van der Waals surface area contributed by atoms with Crippen LogP contribution in [-0.4, -0.2) is 31.3 Å². The monoisotopic (exact) mass is 244 g/mol. The molecule has 0 atom stereocenters. The van der Waals surface area contributed by atoms with E-state index in [9.17, 15) is 4.79 Å². The largest absolute Gasteiger partial charge is 0.378 e. The summed E-state index contributed by atoms with van der Waals surface area (Å²) in [6.07, 6.45) is 0. The number of nitrogens with one attached hydrogen (secondary N) is 1. The number of ether oxygens (including phenoxy) is 1. The predicted octanol–water partition coefficient (Wildman–Crippen LogP) is 1.67. The topological polar surface area (TPSA) is 45.3 Å². The van der Waals surface area contributed by atoms with Gasteiger partial charge in [0.25, 0.3) is 0 Å². The van der Waals surface area contributed by atoms with Crippen molar-refractivity contribution in [2.24, 2.45) is 0 Å². The van der Waals surface area contributed by atoms with Crippen LogP contribution in [0.2, 0.25) is 0 Å². The fraction of sp³-hybridized carbons (Fsp3) is 0.357. The summed E-state index contributed by atoms with van der Waals surface area (Å²) in [5.41, 5.74) is 2.11. The van der Waals surface area contributed by atoms with Gasteiger partial charge in [-0.3, -0.25) is 4.79 Å². The van der Waals surface area contributed by atoms with E-state index in [0.717, 1.165) is 35.4 Å². The standard InChI is InChI=1S/C14H16N2O2/c1-10-3-2-4-11-12(17)9-13(15-14(10)11)16-5-7-18-8-6-16/h2-4,9H,5-8H2,1H3,(H,15,17). The van der Waals surface area contributed by atoms with Crippen molar-refractivity contribution in [3.05, 3.63) is 40.1 Å². The Kier molecular flexibility index (Phi) is 2.80. The van der Waals surface area contributed by atoms with Crippen molar-refractivity contribution >= 4 is 16.7 Å². The molecule has 1 aromatic carbocycles. The first-order valence-electron chi connectivity index (χ1n) is 6.21. The van der Waals surface area contributed by atoms with Gasteiger partial charge >= 0.3 is 0 Å². The Balaban J connectivity index is 2.14. The normalized spacial score (nSPS) is 16.2. The van der Waals surface area contributed by atoms with Gasteiger partial charge in [-0.05, 0) is 18.6 Å². The van der Waals surface area contributed by atoms with Crippen LogP contribution in [0.3, 0.4) is 0 Å². The molecule has 18 heavy (non-hydrogen) atoms. The number of morpholine rings is 1. The molecule has 4 heteroatoms. The van der Waals surface area contributed by atoms with Gasteiger partial charge in [-0.2, -0.15) is 0 Å². The highest BCUT2D eigenvalue weighted by molar-refractivity contribution is 5.83. The van der Waals surface area contributed by atoms with E-state index in [2.05, 4.69) is 9.88 Å². The van der Waals surface area contributed by atoms with Crippen LogP contribution in [0.25, 0.3) is 10.9 Å². The first kappa shape index (κ1) is 11.3. The molecule has 2 aromatic rings. The molecule has 4 nitrogen and oxygen atoms in total. The Bertz CT molecular complexity index is 627. The maximum atomic E-state index is 12.1. The zero-order valence-corrected chi connectivity index (χ0v) is 10.4. The summed E-state index contributed by atoms with van der Waals surface area (Å²) in [6, 6.07) is 7.49. The number of pyridine rings is 1. The van der Waals surface area contributed by atoms with Gasteiger partial charge in [-0.1, -0.05) is 12.1 Å². The summed E-state index contributed by atoms with van der Waals surface area (Å²) < 4.78 is 5.33. The smallest absolute Gasteiger partial charge is 0.191 e. The van der Waals surface area contributed by atoms with E-state index in [1.165, 1.54) is 0 Å². The van der Waals surface area contributed by atoms with Gasteiger partial charge in [-0.15, -0.1) is 0 Å². The van der Waals surface area contributed by atoms with Gasteiger partial charge < -0.3 is 14.6 Å². The van der Waals surface area contributed by atoms with Crippen LogP contribution in [0.5, 0.6) is 0 Å². The first-order valence-corrected chi connectivity index (χ1v) is 6.21. The van der Waals surface area contributed by atoms with Crippen LogP contribution in [0, 0.1) is 6.92 Å². The van der Waals surface area contributed by atoms with E-state index < -0.39 is 0 Å². The summed E-state index contributed by atoms with van der Waals surface area (Å²) in [5, 5.41) is 0.756. The van der Waals surface area contributed by atoms with Gasteiger partial charge in [-0.25, -0.2) is 0 Å². The van der Waals surface area contributed by atoms with Gasteiger partial charge in [0.1, 0.15) is 5.82 Å². The lowest BCUT2D eigenvalue weighted by atomic mass is 10.1. The number of fused-ring (bicyclic) bond motifs is 1. The van der Waals surface area contributed by atoms with Crippen molar-refractivity contribution in [3.63, 3.8) is 0 Å². The van der Waals surface area contributed by atoms with Crippen LogP contribution in [-0.2, 0) is 4.74 Å². The Morgan fingerprint density at radius 3 is 2.83 bits per heavy atom. The average molecular weight is 244 g/mol. The fourth-order valence-corrected chi connectivity index (χ4v) is 2.38. The van der Waals surface area contributed by atoms with E-state index >= 15 is 0 Å². The SMILES string of the molecule is Cc1cccc2c(=O)cc(N3CCOCC3)[nH]c12. The zero-order chi connectivity index (χ0) is 12.5. The molecule has 1 N–H and O–H groups in total. The molecule has 1 aliphatic heterocycles. The van der Waals surface area contributed by atoms with Crippen molar-refractivity contribution in [1.29, 1.82) is 0 Å². The Morgan fingerprint density at radius 2 is 2.06 bits per heavy atom. The lowest BCUT2D eigenvalue weighted by Gasteiger charge is -2.28. The maximum Gasteiger partial charge on any atom is 0.191 e. The number of aryl methyl sites for hydroxylation is 1. The molecule has 0 radical (unpaired) electrons. The van der Waals surface area contributed by atoms with E-state index in [4.69, 9.17) is 4.74 Å². The molecule has 94 valence electrons. The zero-order valence-electron chi connectivity index (χ0n) is 10.4. The highest BCUT2D eigenvalue weighted by Crippen LogP contribution is 2.18. The van der Waals surface area contributed by atoms with Crippen molar-refractivity contribution in [2.45, 2.75) is 6.92 Å². The molecule has 1 fully saturated rings. The van der Waals surface area contributed by atoms with Crippen molar-refractivity contribution in [2.75, 3.05) is 31.2 Å². The molecule has 0 aliphatic carbocycles. The summed E-state index contributed by atoms with van der Waals surface area (Å²) in [5.74, 6) is 0.894. The second kappa shape index (κ2) is 4.46. The highest BCUT2D eigenvalue weighted by Gasteiger charge is 2.13. The van der Waals surface area contributed by atoms with E-state index in [0.29, 0.717) is 13.2 Å². The lowest BCUT2D eigenvalue weighted by Crippen LogP contribution is -2.37. The Morgan fingerprint density at radius 1 is 1.28 bits per heavy atom. The van der Waals surface area contributed by atoms with Crippen molar-refractivity contribution in [3.8, 4) is 0 Å². The number of benzene rings is 1. The number of para-hydroxylation sites is 1. The number of H-pyrrole nitrogens is 1. The minimum Gasteiger partial charge on any atom is -0.378 e. The van der Waals surface area contributed by atoms with E-state index in [-0.39, 0.29) is 5.43 Å². The van der Waals surface area contributed by atoms with Crippen LogP contribution in [0.4, 0.5) is 5.82 Å². The van der Waals surface area contributed by atoms with Crippen molar-refractivity contribution in [1.82, 2.24) is 4.98 Å². The van der Waals surface area contributed by atoms with Gasteiger partial charge in [0.15, 0.2) is 5.43 Å². The molecule has 0 bridgehead atoms. The lowest BCUT2D eigenvalue weighted by molar-refractivity contribution is 0.122. The molecule has 3 rings (SSSR count). The summed E-state index contributed by atoms with van der Waals surface area (Å²) in [4.78, 5) is 17.7. The number of hydrogen-bond acceptors (Lipinski definition) is 3. The Hall–Kier alpha value is -1.81. The summed E-state index contributed by atoms with van der Waals surface area (Å²) in [6.45, 7) is 5.10. The number of rotatable bonds is 1. The number of hydrogen-bond donors (Lipinski definition) is 1. The van der Waals surface area contributed by atoms with Gasteiger partial charge in [0.05, 0.1) is 18.7 Å². The molecule has 1 saturated heterocycles. The van der Waals surface area contributed by atoms with Crippen LogP contribution in [0.1, 0.15) is 5.56 Å². The van der Waals surface area contributed by atoms with E-state index in [1.54, 1.807) is 6.07 Å². The van der Waals surface area contributed by atoms with Crippen LogP contribution in [0.15, 0.2) is 29.1 Å². The van der Waals surface area contributed by atoms with Gasteiger partial charge in [0, 0.05) is 24.5 Å². The predicted molar refractivity (Wildman–Crippen MR) is 72.3 cm³/mol. The molecule has 0 unspecified atom stereocenters.